The molecule has 0 radical (unpaired) electrons. The molecule has 0 saturated heterocycles. The van der Waals surface area contributed by atoms with Crippen molar-refractivity contribution >= 4 is 21.6 Å². The maximum absolute atomic E-state index is 12.0. The minimum absolute atomic E-state index is 0.192. The van der Waals surface area contributed by atoms with Gasteiger partial charge >= 0.3 is 6.03 Å². The molecule has 1 fully saturated rings. The highest BCUT2D eigenvalue weighted by Crippen LogP contribution is 2.24. The van der Waals surface area contributed by atoms with Gasteiger partial charge in [-0.05, 0) is 37.0 Å². The molecule has 0 heterocycles. The molecule has 6 heteroatoms. The first-order valence-corrected chi connectivity index (χ1v) is 9.13. The topological polar surface area (TPSA) is 75.3 Å². The predicted octanol–water partition coefficient (Wildman–Crippen LogP) is 2.79. The number of rotatable bonds is 3. The number of urea groups is 1. The van der Waals surface area contributed by atoms with E-state index >= 15 is 0 Å². The molecule has 0 bridgehead atoms. The van der Waals surface area contributed by atoms with Crippen molar-refractivity contribution in [2.24, 2.45) is 5.92 Å². The Labute approximate surface area is 126 Å². The summed E-state index contributed by atoms with van der Waals surface area (Å²) >= 11 is 0. The second-order valence-corrected chi connectivity index (χ2v) is 7.78. The van der Waals surface area contributed by atoms with Gasteiger partial charge in [-0.3, -0.25) is 0 Å². The number of hydrogen-bond acceptors (Lipinski definition) is 3. The van der Waals surface area contributed by atoms with Crippen molar-refractivity contribution in [2.45, 2.75) is 43.5 Å². The number of benzene rings is 1. The Kier molecular flexibility index (Phi) is 4.88. The monoisotopic (exact) mass is 310 g/mol. The van der Waals surface area contributed by atoms with Crippen LogP contribution in [-0.4, -0.2) is 26.7 Å². The van der Waals surface area contributed by atoms with Crippen LogP contribution in [0.3, 0.4) is 0 Å². The molecule has 0 aliphatic heterocycles. The van der Waals surface area contributed by atoms with Gasteiger partial charge in [0.1, 0.15) is 0 Å². The lowest BCUT2D eigenvalue weighted by atomic mass is 9.86. The summed E-state index contributed by atoms with van der Waals surface area (Å²) in [5.41, 5.74) is 0.485. The first-order chi connectivity index (χ1) is 9.86. The molecule has 2 unspecified atom stereocenters. The van der Waals surface area contributed by atoms with Crippen molar-refractivity contribution in [3.05, 3.63) is 24.3 Å². The van der Waals surface area contributed by atoms with E-state index in [9.17, 15) is 13.2 Å². The van der Waals surface area contributed by atoms with Crippen LogP contribution in [-0.2, 0) is 9.84 Å². The molecule has 0 spiro atoms. The van der Waals surface area contributed by atoms with E-state index in [2.05, 4.69) is 17.6 Å². The molecular weight excluding hydrogens is 288 g/mol. The van der Waals surface area contributed by atoms with Gasteiger partial charge in [-0.2, -0.15) is 0 Å². The number of sulfone groups is 1. The van der Waals surface area contributed by atoms with E-state index in [-0.39, 0.29) is 17.0 Å². The Morgan fingerprint density at radius 2 is 1.95 bits per heavy atom. The van der Waals surface area contributed by atoms with Crippen LogP contribution in [0.2, 0.25) is 0 Å². The van der Waals surface area contributed by atoms with Gasteiger partial charge in [0.05, 0.1) is 4.90 Å². The lowest BCUT2D eigenvalue weighted by molar-refractivity contribution is 0.232. The zero-order chi connectivity index (χ0) is 15.5. The fourth-order valence-electron chi connectivity index (χ4n) is 2.67. The van der Waals surface area contributed by atoms with Gasteiger partial charge in [-0.15, -0.1) is 0 Å². The Morgan fingerprint density at radius 1 is 1.24 bits per heavy atom. The summed E-state index contributed by atoms with van der Waals surface area (Å²) < 4.78 is 23.0. The van der Waals surface area contributed by atoms with Crippen molar-refractivity contribution < 1.29 is 13.2 Å². The first kappa shape index (κ1) is 15.8. The highest BCUT2D eigenvalue weighted by molar-refractivity contribution is 7.90. The van der Waals surface area contributed by atoms with Gasteiger partial charge in [0.2, 0.25) is 0 Å². The van der Waals surface area contributed by atoms with Crippen LogP contribution in [0.4, 0.5) is 10.5 Å². The third kappa shape index (κ3) is 4.46. The van der Waals surface area contributed by atoms with E-state index in [1.54, 1.807) is 12.1 Å². The van der Waals surface area contributed by atoms with Crippen LogP contribution < -0.4 is 10.6 Å². The fourth-order valence-corrected chi connectivity index (χ4v) is 3.34. The quantitative estimate of drug-likeness (QED) is 0.901. The second-order valence-electron chi connectivity index (χ2n) is 5.77. The largest absolute Gasteiger partial charge is 0.335 e. The van der Waals surface area contributed by atoms with Crippen molar-refractivity contribution in [1.29, 1.82) is 0 Å². The number of hydrogen-bond donors (Lipinski definition) is 2. The molecule has 1 saturated carbocycles. The number of amides is 2. The van der Waals surface area contributed by atoms with Crippen LogP contribution >= 0.6 is 0 Å². The second kappa shape index (κ2) is 6.47. The Bertz CT molecular complexity index is 613. The molecule has 2 N–H and O–H groups in total. The normalized spacial score (nSPS) is 22.6. The maximum atomic E-state index is 12.0. The summed E-state index contributed by atoms with van der Waals surface area (Å²) in [5, 5.41) is 5.68. The Balaban J connectivity index is 1.99. The summed E-state index contributed by atoms with van der Waals surface area (Å²) in [6, 6.07) is 6.20. The van der Waals surface area contributed by atoms with E-state index in [4.69, 9.17) is 0 Å². The number of nitrogens with one attached hydrogen (secondary N) is 2. The summed E-state index contributed by atoms with van der Waals surface area (Å²) in [6.07, 6.45) is 5.64. The number of carbonyl (C=O) groups excluding carboxylic acids is 1. The SMILES string of the molecule is CC1CCCCC1NC(=O)Nc1cccc(S(C)(=O)=O)c1. The molecule has 1 aliphatic rings. The molecule has 2 rings (SSSR count). The maximum Gasteiger partial charge on any atom is 0.319 e. The number of carbonyl (C=O) groups is 1. The fraction of sp³-hybridized carbons (Fsp3) is 0.533. The van der Waals surface area contributed by atoms with Gasteiger partial charge in [0.15, 0.2) is 9.84 Å². The standard InChI is InChI=1S/C15H22N2O3S/c1-11-6-3-4-9-14(11)17-15(18)16-12-7-5-8-13(10-12)21(2,19)20/h5,7-8,10-11,14H,3-4,6,9H2,1-2H3,(H2,16,17,18). The van der Waals surface area contributed by atoms with Gasteiger partial charge in [-0.25, -0.2) is 13.2 Å². The van der Waals surface area contributed by atoms with Gasteiger partial charge in [0, 0.05) is 18.0 Å². The molecule has 1 aromatic rings. The lowest BCUT2D eigenvalue weighted by Crippen LogP contribution is -2.43. The summed E-state index contributed by atoms with van der Waals surface area (Å²) in [4.78, 5) is 12.2. The third-order valence-corrected chi connectivity index (χ3v) is 5.06. The van der Waals surface area contributed by atoms with E-state index in [0.29, 0.717) is 11.6 Å². The lowest BCUT2D eigenvalue weighted by Gasteiger charge is -2.29. The van der Waals surface area contributed by atoms with Crippen molar-refractivity contribution in [3.63, 3.8) is 0 Å². The highest BCUT2D eigenvalue weighted by Gasteiger charge is 2.22. The summed E-state index contributed by atoms with van der Waals surface area (Å²) in [6.45, 7) is 2.15. The average Bonchev–Trinajstić information content (AvgIpc) is 2.41. The highest BCUT2D eigenvalue weighted by atomic mass is 32.2. The van der Waals surface area contributed by atoms with Crippen LogP contribution in [0.1, 0.15) is 32.6 Å². The van der Waals surface area contributed by atoms with Crippen LogP contribution in [0.5, 0.6) is 0 Å². The molecule has 21 heavy (non-hydrogen) atoms. The molecule has 5 nitrogen and oxygen atoms in total. The number of anilines is 1. The minimum Gasteiger partial charge on any atom is -0.335 e. The van der Waals surface area contributed by atoms with Gasteiger partial charge in [-0.1, -0.05) is 25.8 Å². The van der Waals surface area contributed by atoms with E-state index in [0.717, 1.165) is 25.5 Å². The summed E-state index contributed by atoms with van der Waals surface area (Å²) in [5.74, 6) is 0.479. The van der Waals surface area contributed by atoms with Crippen LogP contribution in [0, 0.1) is 5.92 Å². The average molecular weight is 310 g/mol. The van der Waals surface area contributed by atoms with E-state index < -0.39 is 9.84 Å². The van der Waals surface area contributed by atoms with E-state index in [1.807, 2.05) is 0 Å². The smallest absolute Gasteiger partial charge is 0.319 e. The molecule has 116 valence electrons. The van der Waals surface area contributed by atoms with Crippen molar-refractivity contribution in [3.8, 4) is 0 Å². The zero-order valence-corrected chi connectivity index (χ0v) is 13.2. The molecule has 1 aliphatic carbocycles. The third-order valence-electron chi connectivity index (χ3n) is 3.95. The van der Waals surface area contributed by atoms with Crippen molar-refractivity contribution in [2.75, 3.05) is 11.6 Å². The predicted molar refractivity (Wildman–Crippen MR) is 83.1 cm³/mol. The molecule has 2 amide bonds. The molecule has 2 atom stereocenters. The van der Waals surface area contributed by atoms with Crippen molar-refractivity contribution in [1.82, 2.24) is 5.32 Å². The van der Waals surface area contributed by atoms with Gasteiger partial charge in [0.25, 0.3) is 0 Å². The van der Waals surface area contributed by atoms with Crippen LogP contribution in [0.25, 0.3) is 0 Å². The molecular formula is C15H22N2O3S. The van der Waals surface area contributed by atoms with Gasteiger partial charge < -0.3 is 10.6 Å². The molecule has 0 aromatic heterocycles. The van der Waals surface area contributed by atoms with Crippen LogP contribution in [0.15, 0.2) is 29.2 Å². The minimum atomic E-state index is -3.27. The zero-order valence-electron chi connectivity index (χ0n) is 12.4. The first-order valence-electron chi connectivity index (χ1n) is 7.24. The Morgan fingerprint density at radius 3 is 2.62 bits per heavy atom. The summed E-state index contributed by atoms with van der Waals surface area (Å²) in [7, 11) is -3.27. The molecule has 1 aromatic carbocycles. The Hall–Kier alpha value is -1.56. The van der Waals surface area contributed by atoms with E-state index in [1.165, 1.54) is 18.6 Å².